The van der Waals surface area contributed by atoms with Crippen LogP contribution in [0.15, 0.2) is 24.4 Å². The second-order valence-corrected chi connectivity index (χ2v) is 3.54. The molecule has 2 rings (SSSR count). The molecule has 4 nitrogen and oxygen atoms in total. The lowest BCUT2D eigenvalue weighted by molar-refractivity contribution is 0.631. The Morgan fingerprint density at radius 2 is 1.94 bits per heavy atom. The first-order valence-corrected chi connectivity index (χ1v) is 4.79. The molecule has 0 atom stereocenters. The van der Waals surface area contributed by atoms with Crippen molar-refractivity contribution < 1.29 is 4.39 Å². The van der Waals surface area contributed by atoms with Gasteiger partial charge in [0, 0.05) is 17.3 Å². The fourth-order valence-corrected chi connectivity index (χ4v) is 1.50. The molecule has 0 aliphatic heterocycles. The quantitative estimate of drug-likeness (QED) is 0.798. The molecule has 1 aromatic carbocycles. The minimum Gasteiger partial charge on any atom is -0.383 e. The average molecular weight is 239 g/mol. The van der Waals surface area contributed by atoms with Crippen molar-refractivity contribution >= 4 is 23.4 Å². The SMILES string of the molecule is Nc1ncc(-c2cccc(Cl)c2F)c(N)n1. The van der Waals surface area contributed by atoms with Gasteiger partial charge in [0.2, 0.25) is 5.95 Å². The molecule has 0 spiro atoms. The van der Waals surface area contributed by atoms with Crippen LogP contribution in [0.3, 0.4) is 0 Å². The summed E-state index contributed by atoms with van der Waals surface area (Å²) in [6.07, 6.45) is 1.37. The maximum atomic E-state index is 13.7. The standard InChI is InChI=1S/C10H8ClFN4/c11-7-3-1-2-5(8(7)12)6-4-15-10(14)16-9(6)13/h1-4H,(H4,13,14,15,16). The number of halogens is 2. The van der Waals surface area contributed by atoms with E-state index in [9.17, 15) is 4.39 Å². The zero-order valence-electron chi connectivity index (χ0n) is 8.11. The summed E-state index contributed by atoms with van der Waals surface area (Å²) in [6, 6.07) is 4.62. The summed E-state index contributed by atoms with van der Waals surface area (Å²) in [7, 11) is 0. The van der Waals surface area contributed by atoms with Gasteiger partial charge in [-0.3, -0.25) is 0 Å². The predicted octanol–water partition coefficient (Wildman–Crippen LogP) is 2.10. The fraction of sp³-hybridized carbons (Fsp3) is 0. The summed E-state index contributed by atoms with van der Waals surface area (Å²) >= 11 is 5.67. The maximum absolute atomic E-state index is 13.7. The predicted molar refractivity (Wildman–Crippen MR) is 61.3 cm³/mol. The Hall–Kier alpha value is -1.88. The van der Waals surface area contributed by atoms with Crippen LogP contribution < -0.4 is 11.5 Å². The smallest absolute Gasteiger partial charge is 0.221 e. The largest absolute Gasteiger partial charge is 0.383 e. The first-order chi connectivity index (χ1) is 7.59. The first kappa shape index (κ1) is 10.6. The van der Waals surface area contributed by atoms with Crippen LogP contribution in [0.1, 0.15) is 0 Å². The van der Waals surface area contributed by atoms with E-state index in [1.54, 1.807) is 12.1 Å². The summed E-state index contributed by atoms with van der Waals surface area (Å²) in [5, 5.41) is 0.0220. The molecule has 16 heavy (non-hydrogen) atoms. The van der Waals surface area contributed by atoms with Gasteiger partial charge in [-0.15, -0.1) is 0 Å². The molecule has 0 saturated carbocycles. The lowest BCUT2D eigenvalue weighted by Crippen LogP contribution is -2.01. The molecule has 0 unspecified atom stereocenters. The highest BCUT2D eigenvalue weighted by Gasteiger charge is 2.12. The summed E-state index contributed by atoms with van der Waals surface area (Å²) in [6.45, 7) is 0. The molecule has 6 heteroatoms. The Morgan fingerprint density at radius 1 is 1.19 bits per heavy atom. The molecular weight excluding hydrogens is 231 g/mol. The Labute approximate surface area is 96.1 Å². The molecule has 0 saturated heterocycles. The molecule has 1 aromatic heterocycles. The van der Waals surface area contributed by atoms with Gasteiger partial charge in [0.1, 0.15) is 11.6 Å². The van der Waals surface area contributed by atoms with Crippen molar-refractivity contribution in [3.63, 3.8) is 0 Å². The van der Waals surface area contributed by atoms with E-state index in [-0.39, 0.29) is 22.4 Å². The molecule has 2 aromatic rings. The highest BCUT2D eigenvalue weighted by molar-refractivity contribution is 6.31. The number of hydrogen-bond donors (Lipinski definition) is 2. The Balaban J connectivity index is 2.63. The average Bonchev–Trinajstić information content (AvgIpc) is 2.23. The van der Waals surface area contributed by atoms with E-state index in [0.29, 0.717) is 5.56 Å². The molecule has 0 fully saturated rings. The number of benzene rings is 1. The number of hydrogen-bond acceptors (Lipinski definition) is 4. The van der Waals surface area contributed by atoms with Gasteiger partial charge in [-0.2, -0.15) is 4.98 Å². The van der Waals surface area contributed by atoms with E-state index >= 15 is 0 Å². The maximum Gasteiger partial charge on any atom is 0.221 e. The molecule has 4 N–H and O–H groups in total. The third-order valence-electron chi connectivity index (χ3n) is 2.08. The number of nitrogens with two attached hydrogens (primary N) is 2. The van der Waals surface area contributed by atoms with Gasteiger partial charge in [-0.05, 0) is 6.07 Å². The van der Waals surface area contributed by atoms with Crippen LogP contribution in [0.5, 0.6) is 0 Å². The van der Waals surface area contributed by atoms with E-state index in [1.165, 1.54) is 12.3 Å². The van der Waals surface area contributed by atoms with Gasteiger partial charge in [0.05, 0.1) is 5.02 Å². The van der Waals surface area contributed by atoms with Crippen LogP contribution in [-0.4, -0.2) is 9.97 Å². The summed E-state index contributed by atoms with van der Waals surface area (Å²) in [5.41, 5.74) is 11.6. The van der Waals surface area contributed by atoms with Gasteiger partial charge >= 0.3 is 0 Å². The third kappa shape index (κ3) is 1.77. The minimum absolute atomic E-state index is 0.0220. The Kier molecular flexibility index (Phi) is 2.62. The number of nitrogens with zero attached hydrogens (tertiary/aromatic N) is 2. The molecule has 1 heterocycles. The summed E-state index contributed by atoms with van der Waals surface area (Å²) in [4.78, 5) is 7.52. The zero-order valence-corrected chi connectivity index (χ0v) is 8.87. The first-order valence-electron chi connectivity index (χ1n) is 4.42. The number of anilines is 2. The Morgan fingerprint density at radius 3 is 2.62 bits per heavy atom. The van der Waals surface area contributed by atoms with Crippen LogP contribution >= 0.6 is 11.6 Å². The van der Waals surface area contributed by atoms with Crippen LogP contribution in [0.4, 0.5) is 16.2 Å². The third-order valence-corrected chi connectivity index (χ3v) is 2.37. The second kappa shape index (κ2) is 3.94. The molecule has 0 amide bonds. The molecule has 0 bridgehead atoms. The van der Waals surface area contributed by atoms with Crippen LogP contribution in [-0.2, 0) is 0 Å². The van der Waals surface area contributed by atoms with Crippen molar-refractivity contribution in [3.05, 3.63) is 35.2 Å². The van der Waals surface area contributed by atoms with Crippen molar-refractivity contribution in [2.75, 3.05) is 11.5 Å². The highest BCUT2D eigenvalue weighted by Crippen LogP contribution is 2.30. The van der Waals surface area contributed by atoms with Gasteiger partial charge in [-0.25, -0.2) is 9.37 Å². The zero-order chi connectivity index (χ0) is 11.7. The van der Waals surface area contributed by atoms with E-state index in [1.807, 2.05) is 0 Å². The van der Waals surface area contributed by atoms with Crippen molar-refractivity contribution in [1.29, 1.82) is 0 Å². The van der Waals surface area contributed by atoms with E-state index in [4.69, 9.17) is 23.1 Å². The molecule has 0 aliphatic rings. The van der Waals surface area contributed by atoms with E-state index in [2.05, 4.69) is 9.97 Å². The van der Waals surface area contributed by atoms with E-state index in [0.717, 1.165) is 0 Å². The minimum atomic E-state index is -0.552. The highest BCUT2D eigenvalue weighted by atomic mass is 35.5. The molecular formula is C10H8ClFN4. The van der Waals surface area contributed by atoms with Gasteiger partial charge in [0.25, 0.3) is 0 Å². The van der Waals surface area contributed by atoms with Crippen molar-refractivity contribution in [3.8, 4) is 11.1 Å². The topological polar surface area (TPSA) is 77.8 Å². The molecule has 82 valence electrons. The van der Waals surface area contributed by atoms with Crippen LogP contribution in [0.2, 0.25) is 5.02 Å². The summed E-state index contributed by atoms with van der Waals surface area (Å²) < 4.78 is 13.7. The lowest BCUT2D eigenvalue weighted by Gasteiger charge is -2.06. The Bertz CT molecular complexity index is 544. The summed E-state index contributed by atoms with van der Waals surface area (Å²) in [5.74, 6) is -0.387. The number of rotatable bonds is 1. The lowest BCUT2D eigenvalue weighted by atomic mass is 10.1. The van der Waals surface area contributed by atoms with Crippen LogP contribution in [0, 0.1) is 5.82 Å². The fourth-order valence-electron chi connectivity index (χ4n) is 1.33. The van der Waals surface area contributed by atoms with Crippen molar-refractivity contribution in [2.45, 2.75) is 0 Å². The number of nitrogen functional groups attached to an aromatic ring is 2. The molecule has 0 radical (unpaired) electrons. The van der Waals surface area contributed by atoms with Crippen molar-refractivity contribution in [2.24, 2.45) is 0 Å². The molecule has 0 aliphatic carbocycles. The van der Waals surface area contributed by atoms with Gasteiger partial charge in [-0.1, -0.05) is 23.7 Å². The van der Waals surface area contributed by atoms with Gasteiger partial charge < -0.3 is 11.5 Å². The van der Waals surface area contributed by atoms with Crippen LogP contribution in [0.25, 0.3) is 11.1 Å². The second-order valence-electron chi connectivity index (χ2n) is 3.13. The van der Waals surface area contributed by atoms with Gasteiger partial charge in [0.15, 0.2) is 0 Å². The normalized spacial score (nSPS) is 10.4. The monoisotopic (exact) mass is 238 g/mol. The van der Waals surface area contributed by atoms with Crippen molar-refractivity contribution in [1.82, 2.24) is 9.97 Å². The van der Waals surface area contributed by atoms with E-state index < -0.39 is 5.82 Å². The number of aromatic nitrogens is 2.